The van der Waals surface area contributed by atoms with E-state index in [0.29, 0.717) is 24.1 Å². The molecule has 1 atom stereocenters. The second-order valence-electron chi connectivity index (χ2n) is 6.24. The molecule has 5 heteroatoms. The molecule has 0 bridgehead atoms. The Bertz CT molecular complexity index is 750. The third kappa shape index (κ3) is 3.82. The number of aryl methyl sites for hydroxylation is 1. The number of amides is 1. The minimum atomic E-state index is -0.229. The van der Waals surface area contributed by atoms with Gasteiger partial charge in [0.25, 0.3) is 5.91 Å². The van der Waals surface area contributed by atoms with Gasteiger partial charge in [0.2, 0.25) is 0 Å². The summed E-state index contributed by atoms with van der Waals surface area (Å²) in [6, 6.07) is 9.43. The smallest absolute Gasteiger partial charge is 0.270 e. The van der Waals surface area contributed by atoms with Crippen molar-refractivity contribution < 1.29 is 14.7 Å². The number of rotatable bonds is 7. The van der Waals surface area contributed by atoms with Crippen molar-refractivity contribution in [3.8, 4) is 0 Å². The van der Waals surface area contributed by atoms with E-state index >= 15 is 0 Å². The average Bonchev–Trinajstić information content (AvgIpc) is 2.95. The second kappa shape index (κ2) is 8.12. The SMILES string of the molecule is CCc1c(C(=O)N(C)C(CCO)c2ccccc2)[nH]c(C)c1C(C)=O. The molecule has 1 amide bonds. The maximum atomic E-state index is 13.1. The van der Waals surface area contributed by atoms with Crippen molar-refractivity contribution in [1.29, 1.82) is 0 Å². The van der Waals surface area contributed by atoms with Crippen LogP contribution in [0.2, 0.25) is 0 Å². The molecule has 25 heavy (non-hydrogen) atoms. The Kier molecular flexibility index (Phi) is 6.15. The molecule has 1 aromatic heterocycles. The first-order valence-electron chi connectivity index (χ1n) is 8.57. The van der Waals surface area contributed by atoms with E-state index in [2.05, 4.69) is 4.98 Å². The van der Waals surface area contributed by atoms with E-state index in [1.807, 2.05) is 44.2 Å². The van der Waals surface area contributed by atoms with Crippen LogP contribution in [0.4, 0.5) is 0 Å². The summed E-state index contributed by atoms with van der Waals surface area (Å²) in [6.07, 6.45) is 1.05. The van der Waals surface area contributed by atoms with Crippen LogP contribution >= 0.6 is 0 Å². The summed E-state index contributed by atoms with van der Waals surface area (Å²) < 4.78 is 0. The highest BCUT2D eigenvalue weighted by Gasteiger charge is 2.27. The number of aliphatic hydroxyl groups excluding tert-OH is 1. The molecule has 2 rings (SSSR count). The molecule has 0 fully saturated rings. The number of aromatic amines is 1. The molecule has 0 radical (unpaired) electrons. The van der Waals surface area contributed by atoms with Crippen LogP contribution in [0, 0.1) is 6.92 Å². The highest BCUT2D eigenvalue weighted by molar-refractivity contribution is 6.02. The Morgan fingerprint density at radius 1 is 1.24 bits per heavy atom. The Morgan fingerprint density at radius 3 is 2.40 bits per heavy atom. The first-order chi connectivity index (χ1) is 11.9. The zero-order chi connectivity index (χ0) is 18.6. The standard InChI is InChI=1S/C20H26N2O3/c1-5-16-18(14(3)24)13(2)21-19(16)20(25)22(4)17(11-12-23)15-9-7-6-8-10-15/h6-10,17,21,23H,5,11-12H2,1-4H3. The van der Waals surface area contributed by atoms with E-state index in [9.17, 15) is 14.7 Å². The molecule has 0 aliphatic heterocycles. The normalized spacial score (nSPS) is 12.0. The fourth-order valence-electron chi connectivity index (χ4n) is 3.39. The number of Topliss-reactive ketones (excluding diaryl/α,β-unsaturated/α-hetero) is 1. The fraction of sp³-hybridized carbons (Fsp3) is 0.400. The van der Waals surface area contributed by atoms with Crippen LogP contribution in [0.5, 0.6) is 0 Å². The second-order valence-corrected chi connectivity index (χ2v) is 6.24. The molecule has 0 aliphatic rings. The molecule has 134 valence electrons. The van der Waals surface area contributed by atoms with Crippen molar-refractivity contribution in [1.82, 2.24) is 9.88 Å². The van der Waals surface area contributed by atoms with Gasteiger partial charge in [-0.25, -0.2) is 0 Å². The Morgan fingerprint density at radius 2 is 1.88 bits per heavy atom. The third-order valence-corrected chi connectivity index (χ3v) is 4.59. The fourth-order valence-corrected chi connectivity index (χ4v) is 3.39. The van der Waals surface area contributed by atoms with E-state index in [-0.39, 0.29) is 24.3 Å². The van der Waals surface area contributed by atoms with Gasteiger partial charge in [-0.05, 0) is 37.8 Å². The van der Waals surface area contributed by atoms with E-state index in [0.717, 1.165) is 16.8 Å². The zero-order valence-electron chi connectivity index (χ0n) is 15.3. The van der Waals surface area contributed by atoms with Crippen molar-refractivity contribution in [2.45, 2.75) is 39.7 Å². The maximum absolute atomic E-state index is 13.1. The van der Waals surface area contributed by atoms with Crippen LogP contribution in [0.15, 0.2) is 30.3 Å². The molecule has 2 aromatic rings. The maximum Gasteiger partial charge on any atom is 0.270 e. The molecule has 0 spiro atoms. The van der Waals surface area contributed by atoms with Crippen LogP contribution in [-0.2, 0) is 6.42 Å². The Balaban J connectivity index is 2.42. The van der Waals surface area contributed by atoms with Gasteiger partial charge in [0.15, 0.2) is 5.78 Å². The monoisotopic (exact) mass is 342 g/mol. The van der Waals surface area contributed by atoms with Gasteiger partial charge in [-0.3, -0.25) is 9.59 Å². The van der Waals surface area contributed by atoms with Crippen LogP contribution in [0.25, 0.3) is 0 Å². The highest BCUT2D eigenvalue weighted by atomic mass is 16.3. The quantitative estimate of drug-likeness (QED) is 0.758. The largest absolute Gasteiger partial charge is 0.396 e. The van der Waals surface area contributed by atoms with Gasteiger partial charge in [0.05, 0.1) is 6.04 Å². The van der Waals surface area contributed by atoms with E-state index < -0.39 is 0 Å². The molecule has 1 unspecified atom stereocenters. The number of carbonyl (C=O) groups excluding carboxylic acids is 2. The number of aromatic nitrogens is 1. The van der Waals surface area contributed by atoms with Gasteiger partial charge in [-0.1, -0.05) is 37.3 Å². The molecule has 1 aromatic carbocycles. The van der Waals surface area contributed by atoms with Gasteiger partial charge in [-0.2, -0.15) is 0 Å². The van der Waals surface area contributed by atoms with E-state index in [1.165, 1.54) is 6.92 Å². The first kappa shape index (κ1) is 18.9. The number of nitrogens with one attached hydrogen (secondary N) is 1. The summed E-state index contributed by atoms with van der Waals surface area (Å²) in [5.41, 5.74) is 3.53. The molecule has 5 nitrogen and oxygen atoms in total. The number of ketones is 1. The molecular formula is C20H26N2O3. The lowest BCUT2D eigenvalue weighted by molar-refractivity contribution is 0.0698. The van der Waals surface area contributed by atoms with Crippen molar-refractivity contribution in [3.63, 3.8) is 0 Å². The zero-order valence-corrected chi connectivity index (χ0v) is 15.3. The summed E-state index contributed by atoms with van der Waals surface area (Å²) >= 11 is 0. The van der Waals surface area contributed by atoms with Crippen molar-refractivity contribution in [2.75, 3.05) is 13.7 Å². The number of aliphatic hydroxyl groups is 1. The number of H-pyrrole nitrogens is 1. The van der Waals surface area contributed by atoms with Crippen LogP contribution in [0.3, 0.4) is 0 Å². The van der Waals surface area contributed by atoms with Crippen LogP contribution in [0.1, 0.15) is 64.0 Å². The van der Waals surface area contributed by atoms with Gasteiger partial charge >= 0.3 is 0 Å². The van der Waals surface area contributed by atoms with Gasteiger partial charge in [0.1, 0.15) is 5.69 Å². The molecule has 1 heterocycles. The van der Waals surface area contributed by atoms with Crippen molar-refractivity contribution >= 4 is 11.7 Å². The van der Waals surface area contributed by atoms with Gasteiger partial charge in [-0.15, -0.1) is 0 Å². The summed E-state index contributed by atoms with van der Waals surface area (Å²) in [5.74, 6) is -0.211. The average molecular weight is 342 g/mol. The summed E-state index contributed by atoms with van der Waals surface area (Å²) in [7, 11) is 1.73. The highest BCUT2D eigenvalue weighted by Crippen LogP contribution is 2.27. The third-order valence-electron chi connectivity index (χ3n) is 4.59. The lowest BCUT2D eigenvalue weighted by Crippen LogP contribution is -2.32. The van der Waals surface area contributed by atoms with Gasteiger partial charge < -0.3 is 15.0 Å². The molecule has 0 aliphatic carbocycles. The minimum Gasteiger partial charge on any atom is -0.396 e. The Labute approximate surface area is 148 Å². The van der Waals surface area contributed by atoms with Crippen molar-refractivity contribution in [3.05, 3.63) is 58.4 Å². The number of carbonyl (C=O) groups is 2. The predicted molar refractivity (Wildman–Crippen MR) is 97.9 cm³/mol. The predicted octanol–water partition coefficient (Wildman–Crippen LogP) is 3.28. The molecular weight excluding hydrogens is 316 g/mol. The molecule has 0 saturated heterocycles. The molecule has 2 N–H and O–H groups in total. The van der Waals surface area contributed by atoms with E-state index in [4.69, 9.17) is 0 Å². The topological polar surface area (TPSA) is 73.4 Å². The van der Waals surface area contributed by atoms with Gasteiger partial charge in [0, 0.05) is 24.9 Å². The number of nitrogens with zero attached hydrogens (tertiary/aromatic N) is 1. The number of hydrogen-bond acceptors (Lipinski definition) is 3. The first-order valence-corrected chi connectivity index (χ1v) is 8.57. The summed E-state index contributed by atoms with van der Waals surface area (Å²) in [5, 5.41) is 9.43. The minimum absolute atomic E-state index is 0.0136. The summed E-state index contributed by atoms with van der Waals surface area (Å²) in [6.45, 7) is 5.26. The van der Waals surface area contributed by atoms with Crippen molar-refractivity contribution in [2.24, 2.45) is 0 Å². The Hall–Kier alpha value is -2.40. The van der Waals surface area contributed by atoms with Crippen LogP contribution in [-0.4, -0.2) is 40.3 Å². The van der Waals surface area contributed by atoms with E-state index in [1.54, 1.807) is 11.9 Å². The number of benzene rings is 1. The lowest BCUT2D eigenvalue weighted by Gasteiger charge is -2.28. The lowest BCUT2D eigenvalue weighted by atomic mass is 10.00. The number of hydrogen-bond donors (Lipinski definition) is 2. The summed E-state index contributed by atoms with van der Waals surface area (Å²) in [4.78, 5) is 29.8. The van der Waals surface area contributed by atoms with Crippen LogP contribution < -0.4 is 0 Å². The molecule has 0 saturated carbocycles.